The maximum absolute atomic E-state index is 11.4. The van der Waals surface area contributed by atoms with Crippen LogP contribution in [-0.4, -0.2) is 22.8 Å². The van der Waals surface area contributed by atoms with Gasteiger partial charge in [-0.05, 0) is 18.6 Å². The Balaban J connectivity index is 1.77. The number of para-hydroxylation sites is 1. The van der Waals surface area contributed by atoms with Crippen LogP contribution in [0.15, 0.2) is 28.7 Å². The molecule has 0 bridgehead atoms. The lowest BCUT2D eigenvalue weighted by Gasteiger charge is -2.04. The van der Waals surface area contributed by atoms with Crippen molar-refractivity contribution in [3.05, 3.63) is 41.6 Å². The number of rotatable bonds is 3. The Morgan fingerprint density at radius 3 is 3.05 bits per heavy atom. The van der Waals surface area contributed by atoms with Crippen molar-refractivity contribution >= 4 is 5.97 Å². The van der Waals surface area contributed by atoms with E-state index >= 15 is 0 Å². The van der Waals surface area contributed by atoms with Gasteiger partial charge in [0.05, 0.1) is 6.61 Å². The van der Waals surface area contributed by atoms with Crippen LogP contribution in [0.1, 0.15) is 35.2 Å². The van der Waals surface area contributed by atoms with E-state index in [1.165, 1.54) is 0 Å². The first-order chi connectivity index (χ1) is 9.28. The molecule has 0 radical (unpaired) electrons. The number of fused-ring (bicyclic) bond motifs is 1. The lowest BCUT2D eigenvalue weighted by atomic mass is 10.1. The minimum absolute atomic E-state index is 0.142. The summed E-state index contributed by atoms with van der Waals surface area (Å²) in [7, 11) is 0. The molecule has 1 aliphatic rings. The molecule has 19 heavy (non-hydrogen) atoms. The van der Waals surface area contributed by atoms with E-state index in [1.54, 1.807) is 6.92 Å². The highest BCUT2D eigenvalue weighted by molar-refractivity contribution is 5.83. The molecule has 0 saturated heterocycles. The topological polar surface area (TPSA) is 74.5 Å². The number of hydrogen-bond donors (Lipinski definition) is 0. The van der Waals surface area contributed by atoms with Crippen molar-refractivity contribution in [3.63, 3.8) is 0 Å². The molecule has 6 nitrogen and oxygen atoms in total. The second-order valence-electron chi connectivity index (χ2n) is 4.08. The maximum Gasteiger partial charge on any atom is 0.396 e. The van der Waals surface area contributed by atoms with Crippen LogP contribution in [0.2, 0.25) is 0 Å². The number of ether oxygens (including phenoxy) is 2. The molecule has 0 fully saturated rings. The molecule has 0 N–H and O–H groups in total. The average Bonchev–Trinajstić information content (AvgIpc) is 3.05. The van der Waals surface area contributed by atoms with Crippen LogP contribution in [0.4, 0.5) is 0 Å². The summed E-state index contributed by atoms with van der Waals surface area (Å²) in [6.07, 6.45) is 0.314. The Hall–Kier alpha value is -2.37. The van der Waals surface area contributed by atoms with E-state index in [0.717, 1.165) is 11.3 Å². The van der Waals surface area contributed by atoms with E-state index in [9.17, 15) is 4.79 Å². The third kappa shape index (κ3) is 2.16. The number of carbonyl (C=O) groups excluding carboxylic acids is 1. The van der Waals surface area contributed by atoms with E-state index < -0.39 is 5.97 Å². The molecule has 1 aromatic heterocycles. The Bertz CT molecular complexity index is 583. The first-order valence-corrected chi connectivity index (χ1v) is 6.03. The highest BCUT2D eigenvalue weighted by atomic mass is 16.6. The van der Waals surface area contributed by atoms with Gasteiger partial charge in [0, 0.05) is 6.42 Å². The molecule has 98 valence electrons. The van der Waals surface area contributed by atoms with E-state index in [0.29, 0.717) is 12.3 Å². The first-order valence-electron chi connectivity index (χ1n) is 6.03. The van der Waals surface area contributed by atoms with Gasteiger partial charge in [0.25, 0.3) is 5.89 Å². The number of esters is 1. The number of nitrogens with zero attached hydrogens (tertiary/aromatic N) is 2. The molecule has 0 amide bonds. The molecule has 1 unspecified atom stereocenters. The molecule has 2 heterocycles. The van der Waals surface area contributed by atoms with Gasteiger partial charge in [0.15, 0.2) is 6.10 Å². The molecular formula is C13H12N2O4. The van der Waals surface area contributed by atoms with Crippen LogP contribution >= 0.6 is 0 Å². The van der Waals surface area contributed by atoms with Crippen molar-refractivity contribution in [2.24, 2.45) is 0 Å². The highest BCUT2D eigenvalue weighted by Crippen LogP contribution is 2.35. The predicted molar refractivity (Wildman–Crippen MR) is 63.8 cm³/mol. The van der Waals surface area contributed by atoms with Crippen LogP contribution < -0.4 is 4.74 Å². The maximum atomic E-state index is 11.4. The smallest absolute Gasteiger partial charge is 0.396 e. The zero-order chi connectivity index (χ0) is 13.2. The zero-order valence-electron chi connectivity index (χ0n) is 10.3. The summed E-state index contributed by atoms with van der Waals surface area (Å²) in [5.74, 6) is 0.343. The standard InChI is InChI=1S/C13H12N2O4/c1-2-17-13(16)12-15-14-11(19-12)10-7-8-5-3-4-6-9(8)18-10/h3-6,10H,2,7H2,1H3. The van der Waals surface area contributed by atoms with Crippen molar-refractivity contribution < 1.29 is 18.7 Å². The van der Waals surface area contributed by atoms with Gasteiger partial charge in [-0.3, -0.25) is 0 Å². The van der Waals surface area contributed by atoms with Crippen molar-refractivity contribution in [3.8, 4) is 5.75 Å². The van der Waals surface area contributed by atoms with Gasteiger partial charge in [-0.1, -0.05) is 18.2 Å². The summed E-state index contributed by atoms with van der Waals surface area (Å²) < 4.78 is 15.8. The van der Waals surface area contributed by atoms with Crippen molar-refractivity contribution in [2.75, 3.05) is 6.61 Å². The fraction of sp³-hybridized carbons (Fsp3) is 0.308. The lowest BCUT2D eigenvalue weighted by Crippen LogP contribution is -2.05. The Kier molecular flexibility index (Phi) is 2.91. The first kappa shape index (κ1) is 11.7. The van der Waals surface area contributed by atoms with Crippen LogP contribution in [0.25, 0.3) is 0 Å². The highest BCUT2D eigenvalue weighted by Gasteiger charge is 2.29. The number of benzene rings is 1. The average molecular weight is 260 g/mol. The summed E-state index contributed by atoms with van der Waals surface area (Å²) >= 11 is 0. The summed E-state index contributed by atoms with van der Waals surface area (Å²) in [5, 5.41) is 7.51. The van der Waals surface area contributed by atoms with Gasteiger partial charge in [0.2, 0.25) is 0 Å². The molecule has 0 saturated carbocycles. The van der Waals surface area contributed by atoms with Gasteiger partial charge in [-0.15, -0.1) is 10.2 Å². The Morgan fingerprint density at radius 1 is 1.42 bits per heavy atom. The quantitative estimate of drug-likeness (QED) is 0.785. The van der Waals surface area contributed by atoms with Gasteiger partial charge in [-0.25, -0.2) is 4.79 Å². The predicted octanol–water partition coefficient (Wildman–Crippen LogP) is 1.92. The molecule has 1 atom stereocenters. The number of aromatic nitrogens is 2. The largest absolute Gasteiger partial charge is 0.480 e. The van der Waals surface area contributed by atoms with E-state index in [2.05, 4.69) is 10.2 Å². The molecule has 0 aliphatic carbocycles. The van der Waals surface area contributed by atoms with Crippen molar-refractivity contribution in [1.29, 1.82) is 0 Å². The number of carbonyl (C=O) groups is 1. The van der Waals surface area contributed by atoms with Crippen molar-refractivity contribution in [1.82, 2.24) is 10.2 Å². The Labute approximate surface area is 109 Å². The summed E-state index contributed by atoms with van der Waals surface area (Å²) in [6, 6.07) is 7.72. The summed E-state index contributed by atoms with van der Waals surface area (Å²) in [6.45, 7) is 1.98. The number of hydrogen-bond acceptors (Lipinski definition) is 6. The normalized spacial score (nSPS) is 16.8. The van der Waals surface area contributed by atoms with Gasteiger partial charge in [-0.2, -0.15) is 0 Å². The zero-order valence-corrected chi connectivity index (χ0v) is 10.3. The lowest BCUT2D eigenvalue weighted by molar-refractivity contribution is 0.0474. The van der Waals surface area contributed by atoms with E-state index in [4.69, 9.17) is 13.9 Å². The van der Waals surface area contributed by atoms with Gasteiger partial charge >= 0.3 is 11.9 Å². The van der Waals surface area contributed by atoms with Crippen LogP contribution in [-0.2, 0) is 11.2 Å². The van der Waals surface area contributed by atoms with Crippen molar-refractivity contribution in [2.45, 2.75) is 19.4 Å². The second-order valence-corrected chi connectivity index (χ2v) is 4.08. The third-order valence-electron chi connectivity index (χ3n) is 2.81. The minimum atomic E-state index is -0.614. The third-order valence-corrected chi connectivity index (χ3v) is 2.81. The van der Waals surface area contributed by atoms with Crippen LogP contribution in [0.3, 0.4) is 0 Å². The van der Waals surface area contributed by atoms with Crippen LogP contribution in [0.5, 0.6) is 5.75 Å². The molecule has 6 heteroatoms. The SMILES string of the molecule is CCOC(=O)c1nnc(C2Cc3ccccc3O2)o1. The molecule has 1 aliphatic heterocycles. The summed E-state index contributed by atoms with van der Waals surface area (Å²) in [4.78, 5) is 11.4. The minimum Gasteiger partial charge on any atom is -0.480 e. The van der Waals surface area contributed by atoms with E-state index in [1.807, 2.05) is 24.3 Å². The second kappa shape index (κ2) is 4.72. The van der Waals surface area contributed by atoms with Crippen LogP contribution in [0, 0.1) is 0 Å². The fourth-order valence-corrected chi connectivity index (χ4v) is 1.96. The van der Waals surface area contributed by atoms with Gasteiger partial charge in [0.1, 0.15) is 5.75 Å². The molecule has 2 aromatic rings. The molecular weight excluding hydrogens is 248 g/mol. The monoisotopic (exact) mass is 260 g/mol. The van der Waals surface area contributed by atoms with Gasteiger partial charge < -0.3 is 13.9 Å². The fourth-order valence-electron chi connectivity index (χ4n) is 1.96. The summed E-state index contributed by atoms with van der Waals surface area (Å²) in [5.41, 5.74) is 1.09. The molecule has 1 aromatic carbocycles. The molecule has 3 rings (SSSR count). The van der Waals surface area contributed by atoms with E-state index in [-0.39, 0.29) is 18.6 Å². The Morgan fingerprint density at radius 2 is 2.26 bits per heavy atom. The molecule has 0 spiro atoms.